The lowest BCUT2D eigenvalue weighted by molar-refractivity contribution is -0.115. The van der Waals surface area contributed by atoms with Crippen molar-refractivity contribution in [2.24, 2.45) is 0 Å². The molecule has 0 aliphatic heterocycles. The molecule has 18 heavy (non-hydrogen) atoms. The lowest BCUT2D eigenvalue weighted by Gasteiger charge is -1.98. The molecule has 7 nitrogen and oxygen atoms in total. The van der Waals surface area contributed by atoms with E-state index in [9.17, 15) is 4.79 Å². The standard InChI is InChI=1S/C11H9N5O2/c17-11(13-10-6-12-16-14-10)5-8-7-3-1-2-4-9(7)18-15-8/h1-4,6H,5H2,(H2,12,13,14,16,17). The van der Waals surface area contributed by atoms with Crippen LogP contribution < -0.4 is 5.32 Å². The monoisotopic (exact) mass is 243 g/mol. The highest BCUT2D eigenvalue weighted by Gasteiger charge is 2.12. The van der Waals surface area contributed by atoms with Crippen molar-refractivity contribution in [3.05, 3.63) is 36.2 Å². The number of hydrogen-bond acceptors (Lipinski definition) is 5. The van der Waals surface area contributed by atoms with Crippen molar-refractivity contribution < 1.29 is 9.32 Å². The maximum absolute atomic E-state index is 11.7. The molecule has 0 aliphatic rings. The van der Waals surface area contributed by atoms with Gasteiger partial charge >= 0.3 is 0 Å². The van der Waals surface area contributed by atoms with E-state index in [-0.39, 0.29) is 12.3 Å². The van der Waals surface area contributed by atoms with Crippen LogP contribution in [0.1, 0.15) is 5.69 Å². The van der Waals surface area contributed by atoms with Crippen LogP contribution in [0.25, 0.3) is 11.0 Å². The van der Waals surface area contributed by atoms with Crippen LogP contribution in [0.4, 0.5) is 5.82 Å². The summed E-state index contributed by atoms with van der Waals surface area (Å²) in [5, 5.41) is 17.1. The third-order valence-electron chi connectivity index (χ3n) is 2.46. The third-order valence-corrected chi connectivity index (χ3v) is 2.46. The van der Waals surface area contributed by atoms with Crippen molar-refractivity contribution in [2.45, 2.75) is 6.42 Å². The molecule has 0 fully saturated rings. The van der Waals surface area contributed by atoms with Gasteiger partial charge in [0.15, 0.2) is 11.4 Å². The fourth-order valence-electron chi connectivity index (χ4n) is 1.67. The summed E-state index contributed by atoms with van der Waals surface area (Å²) in [5.41, 5.74) is 1.27. The SMILES string of the molecule is O=C(Cc1noc2ccccc12)Nc1cn[nH]n1. The van der Waals surface area contributed by atoms with Crippen LogP contribution in [-0.2, 0) is 11.2 Å². The number of para-hydroxylation sites is 1. The fourth-order valence-corrected chi connectivity index (χ4v) is 1.67. The molecule has 0 aliphatic carbocycles. The molecule has 0 bridgehead atoms. The van der Waals surface area contributed by atoms with Gasteiger partial charge in [-0.3, -0.25) is 4.79 Å². The van der Waals surface area contributed by atoms with Gasteiger partial charge in [0.2, 0.25) is 5.91 Å². The van der Waals surface area contributed by atoms with Gasteiger partial charge in [0.25, 0.3) is 0 Å². The van der Waals surface area contributed by atoms with Crippen LogP contribution in [0.15, 0.2) is 35.0 Å². The second-order valence-electron chi connectivity index (χ2n) is 3.71. The lowest BCUT2D eigenvalue weighted by Crippen LogP contribution is -2.15. The molecule has 2 N–H and O–H groups in total. The first-order valence-corrected chi connectivity index (χ1v) is 5.32. The smallest absolute Gasteiger partial charge is 0.231 e. The average Bonchev–Trinajstić information content (AvgIpc) is 3.00. The zero-order chi connectivity index (χ0) is 12.4. The fraction of sp³-hybridized carbons (Fsp3) is 0.0909. The number of aromatic nitrogens is 4. The predicted octanol–water partition coefficient (Wildman–Crippen LogP) is 1.13. The number of aromatic amines is 1. The van der Waals surface area contributed by atoms with E-state index in [0.717, 1.165) is 5.39 Å². The minimum Gasteiger partial charge on any atom is -0.356 e. The van der Waals surface area contributed by atoms with Gasteiger partial charge in [-0.2, -0.15) is 10.3 Å². The van der Waals surface area contributed by atoms with Crippen molar-refractivity contribution in [3.8, 4) is 0 Å². The van der Waals surface area contributed by atoms with E-state index in [0.29, 0.717) is 17.1 Å². The Kier molecular flexibility index (Phi) is 2.49. The predicted molar refractivity (Wildman–Crippen MR) is 62.7 cm³/mol. The second kappa shape index (κ2) is 4.28. The summed E-state index contributed by atoms with van der Waals surface area (Å²) in [6, 6.07) is 7.40. The molecule has 3 rings (SSSR count). The van der Waals surface area contributed by atoms with Gasteiger partial charge < -0.3 is 9.84 Å². The lowest BCUT2D eigenvalue weighted by atomic mass is 10.2. The first-order chi connectivity index (χ1) is 8.83. The maximum Gasteiger partial charge on any atom is 0.231 e. The number of benzene rings is 1. The Morgan fingerprint density at radius 1 is 1.39 bits per heavy atom. The summed E-state index contributed by atoms with van der Waals surface area (Å²) in [7, 11) is 0. The molecular weight excluding hydrogens is 234 g/mol. The number of amides is 1. The van der Waals surface area contributed by atoms with Crippen molar-refractivity contribution in [3.63, 3.8) is 0 Å². The first-order valence-electron chi connectivity index (χ1n) is 5.32. The number of anilines is 1. The summed E-state index contributed by atoms with van der Waals surface area (Å²) < 4.78 is 5.12. The highest BCUT2D eigenvalue weighted by molar-refractivity contribution is 5.93. The zero-order valence-electron chi connectivity index (χ0n) is 9.25. The van der Waals surface area contributed by atoms with Crippen LogP contribution >= 0.6 is 0 Å². The average molecular weight is 243 g/mol. The molecular formula is C11H9N5O2. The van der Waals surface area contributed by atoms with Crippen molar-refractivity contribution in [1.82, 2.24) is 20.6 Å². The minimum atomic E-state index is -0.219. The molecule has 0 saturated carbocycles. The van der Waals surface area contributed by atoms with E-state index in [1.54, 1.807) is 6.07 Å². The number of nitrogens with zero attached hydrogens (tertiary/aromatic N) is 3. The van der Waals surface area contributed by atoms with Gasteiger partial charge in [0.05, 0.1) is 12.6 Å². The molecule has 0 atom stereocenters. The van der Waals surface area contributed by atoms with Gasteiger partial charge in [-0.15, -0.1) is 5.10 Å². The Balaban J connectivity index is 1.78. The number of carbonyl (C=O) groups is 1. The normalized spacial score (nSPS) is 10.7. The second-order valence-corrected chi connectivity index (χ2v) is 3.71. The highest BCUT2D eigenvalue weighted by atomic mass is 16.5. The van der Waals surface area contributed by atoms with Crippen LogP contribution in [0.5, 0.6) is 0 Å². The summed E-state index contributed by atoms with van der Waals surface area (Å²) in [5.74, 6) is 0.163. The zero-order valence-corrected chi connectivity index (χ0v) is 9.25. The molecule has 0 spiro atoms. The summed E-state index contributed by atoms with van der Waals surface area (Å²) >= 11 is 0. The molecule has 90 valence electrons. The van der Waals surface area contributed by atoms with Gasteiger partial charge in [0, 0.05) is 5.39 Å². The van der Waals surface area contributed by atoms with Crippen molar-refractivity contribution >= 4 is 22.7 Å². The Morgan fingerprint density at radius 3 is 3.11 bits per heavy atom. The third kappa shape index (κ3) is 1.93. The van der Waals surface area contributed by atoms with E-state index >= 15 is 0 Å². The number of hydrogen-bond donors (Lipinski definition) is 2. The molecule has 0 radical (unpaired) electrons. The van der Waals surface area contributed by atoms with E-state index in [1.807, 2.05) is 18.2 Å². The number of fused-ring (bicyclic) bond motifs is 1. The van der Waals surface area contributed by atoms with Crippen molar-refractivity contribution in [2.75, 3.05) is 5.32 Å². The van der Waals surface area contributed by atoms with E-state index in [4.69, 9.17) is 4.52 Å². The van der Waals surface area contributed by atoms with Crippen LogP contribution in [-0.4, -0.2) is 26.5 Å². The number of rotatable bonds is 3. The molecule has 1 aromatic carbocycles. The number of H-pyrrole nitrogens is 1. The first kappa shape index (κ1) is 10.5. The number of carbonyl (C=O) groups excluding carboxylic acids is 1. The van der Waals surface area contributed by atoms with Crippen LogP contribution in [0.2, 0.25) is 0 Å². The van der Waals surface area contributed by atoms with Gasteiger partial charge in [-0.05, 0) is 12.1 Å². The quantitative estimate of drug-likeness (QED) is 0.718. The largest absolute Gasteiger partial charge is 0.356 e. The van der Waals surface area contributed by atoms with E-state index in [2.05, 4.69) is 25.9 Å². The summed E-state index contributed by atoms with van der Waals surface area (Å²) in [6.45, 7) is 0. The molecule has 0 saturated heterocycles. The molecule has 2 aromatic heterocycles. The summed E-state index contributed by atoms with van der Waals surface area (Å²) in [6.07, 6.45) is 1.56. The van der Waals surface area contributed by atoms with Crippen molar-refractivity contribution in [1.29, 1.82) is 0 Å². The van der Waals surface area contributed by atoms with Gasteiger partial charge in [-0.1, -0.05) is 17.3 Å². The Bertz CT molecular complexity index is 674. The molecule has 0 unspecified atom stereocenters. The van der Waals surface area contributed by atoms with Crippen LogP contribution in [0, 0.1) is 0 Å². The molecule has 1 amide bonds. The maximum atomic E-state index is 11.7. The number of nitrogens with one attached hydrogen (secondary N) is 2. The molecule has 7 heteroatoms. The minimum absolute atomic E-state index is 0.129. The highest BCUT2D eigenvalue weighted by Crippen LogP contribution is 2.18. The van der Waals surface area contributed by atoms with E-state index in [1.165, 1.54) is 6.20 Å². The Labute approximate surface area is 101 Å². The van der Waals surface area contributed by atoms with E-state index < -0.39 is 0 Å². The topological polar surface area (TPSA) is 96.7 Å². The molecule has 2 heterocycles. The van der Waals surface area contributed by atoms with Gasteiger partial charge in [0.1, 0.15) is 5.69 Å². The van der Waals surface area contributed by atoms with Gasteiger partial charge in [-0.25, -0.2) is 0 Å². The molecule has 3 aromatic rings. The Morgan fingerprint density at radius 2 is 2.28 bits per heavy atom. The Hall–Kier alpha value is -2.70. The van der Waals surface area contributed by atoms with Crippen LogP contribution in [0.3, 0.4) is 0 Å². The summed E-state index contributed by atoms with van der Waals surface area (Å²) in [4.78, 5) is 11.7.